The number of likely N-dealkylation sites (tertiary alicyclic amines) is 1. The van der Waals surface area contributed by atoms with E-state index in [0.29, 0.717) is 6.42 Å². The molecule has 1 aromatic carbocycles. The fourth-order valence-electron chi connectivity index (χ4n) is 3.51. The SMILES string of the molecule is CN(C)CCCC(=O)N1CCC(n2c(=O)[nH]c3ccccc32)CC1. The van der Waals surface area contributed by atoms with Crippen LogP contribution < -0.4 is 5.69 Å². The van der Waals surface area contributed by atoms with E-state index in [9.17, 15) is 9.59 Å². The highest BCUT2D eigenvalue weighted by Gasteiger charge is 2.25. The first-order valence-corrected chi connectivity index (χ1v) is 8.68. The molecule has 1 aromatic heterocycles. The molecule has 6 heteroatoms. The minimum atomic E-state index is -0.0491. The molecule has 0 bridgehead atoms. The first kappa shape index (κ1) is 16.8. The number of H-pyrrole nitrogens is 1. The van der Waals surface area contributed by atoms with Gasteiger partial charge in [0.05, 0.1) is 11.0 Å². The van der Waals surface area contributed by atoms with E-state index in [2.05, 4.69) is 9.88 Å². The normalized spacial score (nSPS) is 16.2. The molecule has 0 radical (unpaired) electrons. The standard InChI is InChI=1S/C18H26N4O2/c1-20(2)11-5-8-17(23)21-12-9-14(10-13-21)22-16-7-4-3-6-15(16)19-18(22)24/h3-4,6-7,14H,5,8-13H2,1-2H3,(H,19,24). The minimum Gasteiger partial charge on any atom is -0.343 e. The number of benzene rings is 1. The molecule has 1 amide bonds. The van der Waals surface area contributed by atoms with Crippen LogP contribution in [0.25, 0.3) is 11.0 Å². The molecule has 24 heavy (non-hydrogen) atoms. The lowest BCUT2D eigenvalue weighted by Crippen LogP contribution is -2.40. The van der Waals surface area contributed by atoms with Crippen molar-refractivity contribution in [2.24, 2.45) is 0 Å². The first-order chi connectivity index (χ1) is 11.6. The van der Waals surface area contributed by atoms with Gasteiger partial charge in [0.2, 0.25) is 5.91 Å². The van der Waals surface area contributed by atoms with E-state index in [1.165, 1.54) is 0 Å². The van der Waals surface area contributed by atoms with Gasteiger partial charge in [-0.3, -0.25) is 9.36 Å². The van der Waals surface area contributed by atoms with Crippen LogP contribution in [0.15, 0.2) is 29.1 Å². The van der Waals surface area contributed by atoms with Gasteiger partial charge >= 0.3 is 5.69 Å². The fourth-order valence-corrected chi connectivity index (χ4v) is 3.51. The number of aromatic nitrogens is 2. The zero-order valence-corrected chi connectivity index (χ0v) is 14.5. The van der Waals surface area contributed by atoms with Crippen LogP contribution in [0.3, 0.4) is 0 Å². The van der Waals surface area contributed by atoms with Crippen molar-refractivity contribution in [3.8, 4) is 0 Å². The Balaban J connectivity index is 1.61. The molecule has 1 fully saturated rings. The molecule has 3 rings (SSSR count). The van der Waals surface area contributed by atoms with Gasteiger partial charge in [0, 0.05) is 25.6 Å². The van der Waals surface area contributed by atoms with E-state index in [4.69, 9.17) is 0 Å². The summed E-state index contributed by atoms with van der Waals surface area (Å²) in [6, 6.07) is 7.95. The van der Waals surface area contributed by atoms with Gasteiger partial charge in [-0.15, -0.1) is 0 Å². The van der Waals surface area contributed by atoms with Crippen LogP contribution in [0, 0.1) is 0 Å². The predicted molar refractivity (Wildman–Crippen MR) is 95.2 cm³/mol. The Morgan fingerprint density at radius 2 is 1.96 bits per heavy atom. The van der Waals surface area contributed by atoms with Gasteiger partial charge in [-0.1, -0.05) is 12.1 Å². The van der Waals surface area contributed by atoms with Gasteiger partial charge in [0.25, 0.3) is 0 Å². The monoisotopic (exact) mass is 330 g/mol. The maximum absolute atomic E-state index is 12.3. The Morgan fingerprint density at radius 3 is 2.67 bits per heavy atom. The van der Waals surface area contributed by atoms with Gasteiger partial charge in [0.15, 0.2) is 0 Å². The van der Waals surface area contributed by atoms with Crippen molar-refractivity contribution >= 4 is 16.9 Å². The maximum Gasteiger partial charge on any atom is 0.326 e. The van der Waals surface area contributed by atoms with Gasteiger partial charge < -0.3 is 14.8 Å². The number of aromatic amines is 1. The molecule has 2 heterocycles. The van der Waals surface area contributed by atoms with Crippen LogP contribution in [0.5, 0.6) is 0 Å². The molecule has 0 unspecified atom stereocenters. The summed E-state index contributed by atoms with van der Waals surface area (Å²) in [5, 5.41) is 0. The largest absolute Gasteiger partial charge is 0.343 e. The van der Waals surface area contributed by atoms with Crippen molar-refractivity contribution in [2.45, 2.75) is 31.7 Å². The molecule has 0 spiro atoms. The smallest absolute Gasteiger partial charge is 0.326 e. The van der Waals surface area contributed by atoms with Gasteiger partial charge in [-0.2, -0.15) is 0 Å². The second kappa shape index (κ2) is 7.21. The van der Waals surface area contributed by atoms with E-state index in [1.54, 1.807) is 0 Å². The van der Waals surface area contributed by atoms with E-state index in [0.717, 1.165) is 49.9 Å². The number of hydrogen-bond acceptors (Lipinski definition) is 3. The lowest BCUT2D eigenvalue weighted by atomic mass is 10.0. The highest BCUT2D eigenvalue weighted by atomic mass is 16.2. The Hall–Kier alpha value is -2.08. The summed E-state index contributed by atoms with van der Waals surface area (Å²) < 4.78 is 1.86. The van der Waals surface area contributed by atoms with Crippen molar-refractivity contribution in [2.75, 3.05) is 33.7 Å². The van der Waals surface area contributed by atoms with Crippen LogP contribution in [0.2, 0.25) is 0 Å². The molecule has 130 valence electrons. The summed E-state index contributed by atoms with van der Waals surface area (Å²) in [4.78, 5) is 31.5. The fraction of sp³-hybridized carbons (Fsp3) is 0.556. The van der Waals surface area contributed by atoms with Crippen molar-refractivity contribution in [1.29, 1.82) is 0 Å². The summed E-state index contributed by atoms with van der Waals surface area (Å²) in [5.74, 6) is 0.238. The maximum atomic E-state index is 12.3. The number of hydrogen-bond donors (Lipinski definition) is 1. The Kier molecular flexibility index (Phi) is 5.04. The molecule has 1 N–H and O–H groups in total. The third kappa shape index (κ3) is 3.53. The molecule has 0 aliphatic carbocycles. The summed E-state index contributed by atoms with van der Waals surface area (Å²) in [6.07, 6.45) is 3.17. The van der Waals surface area contributed by atoms with Crippen molar-refractivity contribution in [1.82, 2.24) is 19.4 Å². The molecule has 1 aliphatic heterocycles. The summed E-state index contributed by atoms with van der Waals surface area (Å²) in [7, 11) is 4.05. The van der Waals surface area contributed by atoms with Crippen LogP contribution >= 0.6 is 0 Å². The summed E-state index contributed by atoms with van der Waals surface area (Å²) in [6.45, 7) is 2.40. The number of carbonyl (C=O) groups excluding carboxylic acids is 1. The number of nitrogens with zero attached hydrogens (tertiary/aromatic N) is 3. The summed E-state index contributed by atoms with van der Waals surface area (Å²) >= 11 is 0. The van der Waals surface area contributed by atoms with E-state index < -0.39 is 0 Å². The summed E-state index contributed by atoms with van der Waals surface area (Å²) in [5.41, 5.74) is 1.79. The van der Waals surface area contributed by atoms with Crippen LogP contribution in [-0.4, -0.2) is 59.0 Å². The highest BCUT2D eigenvalue weighted by Crippen LogP contribution is 2.25. The number of para-hydroxylation sites is 2. The molecular formula is C18H26N4O2. The first-order valence-electron chi connectivity index (χ1n) is 8.68. The number of rotatable bonds is 5. The number of nitrogens with one attached hydrogen (secondary N) is 1. The van der Waals surface area contributed by atoms with Crippen molar-refractivity contribution in [3.63, 3.8) is 0 Å². The Bertz CT molecular complexity index is 754. The minimum absolute atomic E-state index is 0.0491. The number of fused-ring (bicyclic) bond motifs is 1. The molecule has 1 aliphatic rings. The Labute approximate surface area is 142 Å². The third-order valence-corrected chi connectivity index (χ3v) is 4.80. The van der Waals surface area contributed by atoms with Crippen LogP contribution in [-0.2, 0) is 4.79 Å². The number of piperidine rings is 1. The number of imidazole rings is 1. The molecular weight excluding hydrogens is 304 g/mol. The molecule has 0 saturated carbocycles. The zero-order valence-electron chi connectivity index (χ0n) is 14.5. The topological polar surface area (TPSA) is 61.3 Å². The van der Waals surface area contributed by atoms with Crippen molar-refractivity contribution < 1.29 is 4.79 Å². The van der Waals surface area contributed by atoms with E-state index in [1.807, 2.05) is 47.8 Å². The van der Waals surface area contributed by atoms with Gasteiger partial charge in [-0.05, 0) is 52.0 Å². The third-order valence-electron chi connectivity index (χ3n) is 4.80. The lowest BCUT2D eigenvalue weighted by Gasteiger charge is -2.32. The van der Waals surface area contributed by atoms with Crippen LogP contribution in [0.4, 0.5) is 0 Å². The molecule has 1 saturated heterocycles. The second-order valence-corrected chi connectivity index (χ2v) is 6.84. The predicted octanol–water partition coefficient (Wildman–Crippen LogP) is 1.83. The lowest BCUT2D eigenvalue weighted by molar-refractivity contribution is -0.132. The highest BCUT2D eigenvalue weighted by molar-refractivity contribution is 5.76. The van der Waals surface area contributed by atoms with Gasteiger partial charge in [-0.25, -0.2) is 4.79 Å². The van der Waals surface area contributed by atoms with Crippen molar-refractivity contribution in [3.05, 3.63) is 34.7 Å². The molecule has 6 nitrogen and oxygen atoms in total. The molecule has 0 atom stereocenters. The number of carbonyl (C=O) groups is 1. The molecule has 2 aromatic rings. The van der Waals surface area contributed by atoms with E-state index >= 15 is 0 Å². The average molecular weight is 330 g/mol. The quantitative estimate of drug-likeness (QED) is 0.910. The average Bonchev–Trinajstić information content (AvgIpc) is 2.90. The Morgan fingerprint density at radius 1 is 1.25 bits per heavy atom. The number of amides is 1. The van der Waals surface area contributed by atoms with Gasteiger partial charge in [0.1, 0.15) is 0 Å². The van der Waals surface area contributed by atoms with Crippen LogP contribution in [0.1, 0.15) is 31.7 Å². The van der Waals surface area contributed by atoms with E-state index in [-0.39, 0.29) is 17.6 Å². The second-order valence-electron chi connectivity index (χ2n) is 6.84. The zero-order chi connectivity index (χ0) is 17.1.